The highest BCUT2D eigenvalue weighted by Gasteiger charge is 2.47. The van der Waals surface area contributed by atoms with Gasteiger partial charge < -0.3 is 9.64 Å². The van der Waals surface area contributed by atoms with Gasteiger partial charge in [0.05, 0.1) is 17.9 Å². The molecule has 0 radical (unpaired) electrons. The number of carbonyl (C=O) groups is 1. The highest BCUT2D eigenvalue weighted by atomic mass is 16.5. The van der Waals surface area contributed by atoms with Gasteiger partial charge in [-0.3, -0.25) is 9.88 Å². The van der Waals surface area contributed by atoms with Crippen LogP contribution in [0.15, 0.2) is 12.3 Å². The Balaban J connectivity index is 1.37. The maximum atomic E-state index is 11.9. The van der Waals surface area contributed by atoms with Crippen molar-refractivity contribution in [2.45, 2.75) is 51.6 Å². The number of aromatic nitrogens is 1. The number of likely N-dealkylation sites (tertiary alicyclic amines) is 1. The van der Waals surface area contributed by atoms with Gasteiger partial charge in [-0.2, -0.15) is 0 Å². The Hall–Kier alpha value is -1.46. The van der Waals surface area contributed by atoms with Gasteiger partial charge in [-0.05, 0) is 76.2 Å². The molecule has 3 aliphatic rings. The van der Waals surface area contributed by atoms with Crippen LogP contribution in [-0.4, -0.2) is 60.1 Å². The Morgan fingerprint density at radius 1 is 1.32 bits per heavy atom. The third kappa shape index (κ3) is 3.32. The van der Waals surface area contributed by atoms with Crippen molar-refractivity contribution in [3.05, 3.63) is 29.1 Å². The smallest absolute Gasteiger partial charge is 0.339 e. The van der Waals surface area contributed by atoms with E-state index in [1.807, 2.05) is 13.0 Å². The van der Waals surface area contributed by atoms with E-state index < -0.39 is 0 Å². The maximum Gasteiger partial charge on any atom is 0.339 e. The molecule has 1 saturated carbocycles. The lowest BCUT2D eigenvalue weighted by molar-refractivity contribution is -0.0439. The number of carbonyl (C=O) groups excluding carboxylic acids is 1. The van der Waals surface area contributed by atoms with Gasteiger partial charge in [-0.15, -0.1) is 0 Å². The van der Waals surface area contributed by atoms with Crippen LogP contribution in [0.1, 0.15) is 54.2 Å². The molecule has 2 aliphatic heterocycles. The van der Waals surface area contributed by atoms with E-state index in [1.165, 1.54) is 44.3 Å². The Kier molecular flexibility index (Phi) is 4.54. The molecular weight excluding hydrogens is 314 g/mol. The highest BCUT2D eigenvalue weighted by molar-refractivity contribution is 5.89. The van der Waals surface area contributed by atoms with Gasteiger partial charge in [0.15, 0.2) is 0 Å². The maximum absolute atomic E-state index is 11.9. The van der Waals surface area contributed by atoms with Crippen LogP contribution in [-0.2, 0) is 17.7 Å². The number of fused-ring (bicyclic) bond motifs is 1. The Morgan fingerprint density at radius 3 is 2.80 bits per heavy atom. The number of hydrogen-bond donors (Lipinski definition) is 0. The second kappa shape index (κ2) is 6.69. The minimum absolute atomic E-state index is 0.261. The van der Waals surface area contributed by atoms with E-state index in [2.05, 4.69) is 21.8 Å². The predicted molar refractivity (Wildman–Crippen MR) is 96.5 cm³/mol. The molecule has 0 bridgehead atoms. The number of pyridine rings is 1. The van der Waals surface area contributed by atoms with Gasteiger partial charge in [0, 0.05) is 25.3 Å². The number of esters is 1. The van der Waals surface area contributed by atoms with E-state index in [0.29, 0.717) is 17.6 Å². The summed E-state index contributed by atoms with van der Waals surface area (Å²) in [4.78, 5) is 21.5. The van der Waals surface area contributed by atoms with Crippen molar-refractivity contribution in [1.82, 2.24) is 14.8 Å². The molecule has 4 rings (SSSR count). The van der Waals surface area contributed by atoms with Gasteiger partial charge in [0.25, 0.3) is 0 Å². The standard InChI is InChI=1S/C20H29N3O2/c1-3-25-19(24)16-10-15-4-7-23(14-18(15)21-13-16)17-11-20(12-17)5-8-22(2)9-6-20/h10,13,17H,3-9,11-12,14H2,1-2H3. The van der Waals surface area contributed by atoms with E-state index in [1.54, 1.807) is 6.20 Å². The van der Waals surface area contributed by atoms with Crippen LogP contribution in [0, 0.1) is 5.41 Å². The number of piperidine rings is 1. The quantitative estimate of drug-likeness (QED) is 0.789. The molecule has 1 spiro atoms. The molecule has 5 nitrogen and oxygen atoms in total. The van der Waals surface area contributed by atoms with Crippen LogP contribution in [0.4, 0.5) is 0 Å². The molecule has 0 atom stereocenters. The lowest BCUT2D eigenvalue weighted by atomic mass is 9.60. The van der Waals surface area contributed by atoms with Crippen molar-refractivity contribution in [2.24, 2.45) is 5.41 Å². The second-order valence-electron chi connectivity index (χ2n) is 8.14. The zero-order chi connectivity index (χ0) is 17.4. The van der Waals surface area contributed by atoms with E-state index in [4.69, 9.17) is 4.74 Å². The van der Waals surface area contributed by atoms with Crippen molar-refractivity contribution < 1.29 is 9.53 Å². The fraction of sp³-hybridized carbons (Fsp3) is 0.700. The van der Waals surface area contributed by atoms with Crippen LogP contribution in [0.5, 0.6) is 0 Å². The SMILES string of the molecule is CCOC(=O)c1cnc2c(c1)CCN(C1CC3(CCN(C)CC3)C1)C2. The van der Waals surface area contributed by atoms with Gasteiger partial charge in [-0.1, -0.05) is 0 Å². The fourth-order valence-electron chi connectivity index (χ4n) is 4.77. The molecule has 1 aliphatic carbocycles. The molecule has 0 aromatic carbocycles. The molecule has 1 aromatic heterocycles. The average molecular weight is 343 g/mol. The normalized spacial score (nSPS) is 23.9. The summed E-state index contributed by atoms with van der Waals surface area (Å²) in [5.74, 6) is -0.261. The van der Waals surface area contributed by atoms with Crippen LogP contribution < -0.4 is 0 Å². The molecule has 1 aromatic rings. The topological polar surface area (TPSA) is 45.7 Å². The van der Waals surface area contributed by atoms with Crippen LogP contribution in [0.3, 0.4) is 0 Å². The van der Waals surface area contributed by atoms with E-state index in [9.17, 15) is 4.79 Å². The Morgan fingerprint density at radius 2 is 2.08 bits per heavy atom. The third-order valence-corrected chi connectivity index (χ3v) is 6.49. The van der Waals surface area contributed by atoms with Gasteiger partial charge in [-0.25, -0.2) is 4.79 Å². The first-order chi connectivity index (χ1) is 12.1. The van der Waals surface area contributed by atoms with E-state index >= 15 is 0 Å². The molecule has 5 heteroatoms. The van der Waals surface area contributed by atoms with Gasteiger partial charge in [0.1, 0.15) is 0 Å². The molecule has 136 valence electrons. The van der Waals surface area contributed by atoms with Crippen LogP contribution in [0.2, 0.25) is 0 Å². The summed E-state index contributed by atoms with van der Waals surface area (Å²) in [7, 11) is 2.24. The zero-order valence-electron chi connectivity index (χ0n) is 15.5. The Bertz CT molecular complexity index is 644. The summed E-state index contributed by atoms with van der Waals surface area (Å²) >= 11 is 0. The minimum Gasteiger partial charge on any atom is -0.462 e. The first-order valence-corrected chi connectivity index (χ1v) is 9.66. The van der Waals surface area contributed by atoms with Crippen molar-refractivity contribution in [1.29, 1.82) is 0 Å². The second-order valence-corrected chi connectivity index (χ2v) is 8.14. The van der Waals surface area contributed by atoms with Crippen LogP contribution in [0.25, 0.3) is 0 Å². The third-order valence-electron chi connectivity index (χ3n) is 6.49. The summed E-state index contributed by atoms with van der Waals surface area (Å²) in [6.45, 7) is 6.77. The summed E-state index contributed by atoms with van der Waals surface area (Å²) in [5.41, 5.74) is 3.57. The minimum atomic E-state index is -0.261. The molecule has 2 fully saturated rings. The number of rotatable bonds is 3. The summed E-state index contributed by atoms with van der Waals surface area (Å²) in [6, 6.07) is 2.71. The van der Waals surface area contributed by atoms with E-state index in [0.717, 1.165) is 31.2 Å². The van der Waals surface area contributed by atoms with Crippen LogP contribution >= 0.6 is 0 Å². The van der Waals surface area contributed by atoms with Gasteiger partial charge in [0.2, 0.25) is 0 Å². The lowest BCUT2D eigenvalue weighted by Crippen LogP contribution is -2.55. The van der Waals surface area contributed by atoms with Gasteiger partial charge >= 0.3 is 5.97 Å². The Labute approximate surface area is 150 Å². The number of hydrogen-bond acceptors (Lipinski definition) is 5. The van der Waals surface area contributed by atoms with Crippen molar-refractivity contribution in [3.8, 4) is 0 Å². The predicted octanol–water partition coefficient (Wildman–Crippen LogP) is 2.49. The number of nitrogens with zero attached hydrogens (tertiary/aromatic N) is 3. The van der Waals surface area contributed by atoms with Crippen molar-refractivity contribution in [2.75, 3.05) is 33.3 Å². The lowest BCUT2D eigenvalue weighted by Gasteiger charge is -2.55. The average Bonchev–Trinajstić information content (AvgIpc) is 2.60. The summed E-state index contributed by atoms with van der Waals surface area (Å²) in [5, 5.41) is 0. The molecule has 0 unspecified atom stereocenters. The monoisotopic (exact) mass is 343 g/mol. The van der Waals surface area contributed by atoms with E-state index in [-0.39, 0.29) is 5.97 Å². The summed E-state index contributed by atoms with van der Waals surface area (Å²) < 4.78 is 5.08. The van der Waals surface area contributed by atoms with Crippen molar-refractivity contribution in [3.63, 3.8) is 0 Å². The molecule has 1 saturated heterocycles. The molecular formula is C20H29N3O2. The summed E-state index contributed by atoms with van der Waals surface area (Å²) in [6.07, 6.45) is 8.12. The fourth-order valence-corrected chi connectivity index (χ4v) is 4.77. The first-order valence-electron chi connectivity index (χ1n) is 9.66. The van der Waals surface area contributed by atoms with Crippen molar-refractivity contribution >= 4 is 5.97 Å². The zero-order valence-corrected chi connectivity index (χ0v) is 15.5. The molecule has 3 heterocycles. The molecule has 25 heavy (non-hydrogen) atoms. The largest absolute Gasteiger partial charge is 0.462 e. The first kappa shape index (κ1) is 17.0. The highest BCUT2D eigenvalue weighted by Crippen LogP contribution is 2.51. The molecule has 0 amide bonds. The molecule has 0 N–H and O–H groups in total. The number of ether oxygens (including phenoxy) is 1.